The molecule has 1 atom stereocenters. The van der Waals surface area contributed by atoms with Crippen LogP contribution in [0.25, 0.3) is 0 Å². The zero-order valence-electron chi connectivity index (χ0n) is 7.38. The van der Waals surface area contributed by atoms with Crippen LogP contribution < -0.4 is 10.6 Å². The lowest BCUT2D eigenvalue weighted by atomic mass is 10.2. The smallest absolute Gasteiger partial charge is 0.234 e. The third kappa shape index (κ3) is 3.87. The monoisotopic (exact) mass is 183 g/mol. The summed E-state index contributed by atoms with van der Waals surface area (Å²) in [7, 11) is 0. The van der Waals surface area contributed by atoms with Crippen LogP contribution in [0.2, 0.25) is 0 Å². The average molecular weight is 183 g/mol. The Balaban J connectivity index is 2.04. The molecule has 0 bridgehead atoms. The van der Waals surface area contributed by atoms with Crippen molar-refractivity contribution in [2.75, 3.05) is 26.3 Å². The zero-order valence-corrected chi connectivity index (χ0v) is 7.38. The molecule has 72 valence electrons. The summed E-state index contributed by atoms with van der Waals surface area (Å²) < 4.78 is 5.12. The van der Waals surface area contributed by atoms with Crippen LogP contribution in [0.3, 0.4) is 0 Å². The molecule has 1 rings (SSSR count). The van der Waals surface area contributed by atoms with Gasteiger partial charge in [-0.3, -0.25) is 4.79 Å². The maximum Gasteiger partial charge on any atom is 0.234 e. The highest BCUT2D eigenvalue weighted by atomic mass is 16.5. The fraction of sp³-hybridized carbons (Fsp3) is 0.750. The summed E-state index contributed by atoms with van der Waals surface area (Å²) in [5, 5.41) is 13.7. The van der Waals surface area contributed by atoms with Crippen molar-refractivity contribution in [3.05, 3.63) is 0 Å². The average Bonchev–Trinajstić information content (AvgIpc) is 2.64. The molecule has 1 aliphatic heterocycles. The first-order valence-electron chi connectivity index (χ1n) is 4.27. The van der Waals surface area contributed by atoms with Crippen molar-refractivity contribution in [2.24, 2.45) is 0 Å². The van der Waals surface area contributed by atoms with E-state index in [1.807, 2.05) is 6.07 Å². The largest absolute Gasteiger partial charge is 0.380 e. The van der Waals surface area contributed by atoms with Gasteiger partial charge in [-0.2, -0.15) is 5.26 Å². The molecule has 0 aliphatic carbocycles. The molecule has 1 fully saturated rings. The standard InChI is InChI=1S/C8H13N3O2/c9-2-3-10-8(12)5-11-7-1-4-13-6-7/h7,11H,1,3-6H2,(H,10,12). The quantitative estimate of drug-likeness (QED) is 0.548. The Morgan fingerprint density at radius 1 is 1.69 bits per heavy atom. The lowest BCUT2D eigenvalue weighted by molar-refractivity contribution is -0.120. The molecule has 1 aliphatic rings. The summed E-state index contributed by atoms with van der Waals surface area (Å²) in [6.07, 6.45) is 0.950. The lowest BCUT2D eigenvalue weighted by Gasteiger charge is -2.08. The molecule has 0 saturated carbocycles. The highest BCUT2D eigenvalue weighted by Gasteiger charge is 2.15. The van der Waals surface area contributed by atoms with E-state index in [0.717, 1.165) is 13.0 Å². The lowest BCUT2D eigenvalue weighted by Crippen LogP contribution is -2.39. The van der Waals surface area contributed by atoms with Crippen LogP contribution in [0.5, 0.6) is 0 Å². The Bertz CT molecular complexity index is 206. The summed E-state index contributed by atoms with van der Waals surface area (Å²) >= 11 is 0. The van der Waals surface area contributed by atoms with Gasteiger partial charge in [-0.25, -0.2) is 0 Å². The molecule has 1 unspecified atom stereocenters. The zero-order chi connectivity index (χ0) is 9.52. The number of hydrogen-bond acceptors (Lipinski definition) is 4. The van der Waals surface area contributed by atoms with Gasteiger partial charge >= 0.3 is 0 Å². The van der Waals surface area contributed by atoms with Crippen molar-refractivity contribution < 1.29 is 9.53 Å². The summed E-state index contributed by atoms with van der Waals surface area (Å²) in [4.78, 5) is 11.0. The van der Waals surface area contributed by atoms with Crippen molar-refractivity contribution in [2.45, 2.75) is 12.5 Å². The third-order valence-corrected chi connectivity index (χ3v) is 1.85. The molecule has 1 heterocycles. The second kappa shape index (κ2) is 5.51. The number of amides is 1. The maximum absolute atomic E-state index is 11.0. The van der Waals surface area contributed by atoms with Crippen LogP contribution in [-0.2, 0) is 9.53 Å². The molecular weight excluding hydrogens is 170 g/mol. The highest BCUT2D eigenvalue weighted by molar-refractivity contribution is 5.78. The number of rotatable bonds is 4. The first-order chi connectivity index (χ1) is 6.33. The molecule has 0 aromatic carbocycles. The van der Waals surface area contributed by atoms with E-state index in [4.69, 9.17) is 10.00 Å². The SMILES string of the molecule is N#CCNC(=O)CNC1CCOC1. The maximum atomic E-state index is 11.0. The second-order valence-corrected chi connectivity index (χ2v) is 2.88. The van der Waals surface area contributed by atoms with E-state index in [1.165, 1.54) is 0 Å². The summed E-state index contributed by atoms with van der Waals surface area (Å²) in [5.41, 5.74) is 0. The topological polar surface area (TPSA) is 74.2 Å². The van der Waals surface area contributed by atoms with Gasteiger partial charge < -0.3 is 15.4 Å². The number of nitriles is 1. The normalized spacial score (nSPS) is 21.0. The number of nitrogens with zero attached hydrogens (tertiary/aromatic N) is 1. The summed E-state index contributed by atoms with van der Waals surface area (Å²) in [6, 6.07) is 2.13. The number of nitrogens with one attached hydrogen (secondary N) is 2. The van der Waals surface area contributed by atoms with Gasteiger partial charge in [-0.15, -0.1) is 0 Å². The Kier molecular flexibility index (Phi) is 4.23. The summed E-state index contributed by atoms with van der Waals surface area (Å²) in [6.45, 7) is 1.76. The molecule has 0 aromatic rings. The van der Waals surface area contributed by atoms with Crippen LogP contribution in [0, 0.1) is 11.3 Å². The van der Waals surface area contributed by atoms with Crippen LogP contribution in [0.15, 0.2) is 0 Å². The Morgan fingerprint density at radius 3 is 3.15 bits per heavy atom. The number of hydrogen-bond donors (Lipinski definition) is 2. The molecule has 0 radical (unpaired) electrons. The van der Waals surface area contributed by atoms with E-state index < -0.39 is 0 Å². The number of carbonyl (C=O) groups excluding carboxylic acids is 1. The molecule has 0 aromatic heterocycles. The first-order valence-corrected chi connectivity index (χ1v) is 4.27. The summed E-state index contributed by atoms with van der Waals surface area (Å²) in [5.74, 6) is -0.145. The molecule has 5 nitrogen and oxygen atoms in total. The van der Waals surface area contributed by atoms with Gasteiger partial charge in [0.1, 0.15) is 6.54 Å². The van der Waals surface area contributed by atoms with E-state index in [1.54, 1.807) is 0 Å². The van der Waals surface area contributed by atoms with Crippen molar-refractivity contribution >= 4 is 5.91 Å². The minimum absolute atomic E-state index is 0.0711. The Morgan fingerprint density at radius 2 is 2.54 bits per heavy atom. The Hall–Kier alpha value is -1.12. The molecule has 2 N–H and O–H groups in total. The van der Waals surface area contributed by atoms with Gasteiger partial charge in [0.15, 0.2) is 0 Å². The van der Waals surface area contributed by atoms with E-state index >= 15 is 0 Å². The van der Waals surface area contributed by atoms with Gasteiger partial charge in [0, 0.05) is 12.6 Å². The molecule has 0 spiro atoms. The van der Waals surface area contributed by atoms with Crippen LogP contribution >= 0.6 is 0 Å². The molecule has 1 amide bonds. The molecule has 1 saturated heterocycles. The fourth-order valence-electron chi connectivity index (χ4n) is 1.13. The Labute approximate surface area is 77.1 Å². The van der Waals surface area contributed by atoms with Gasteiger partial charge in [-0.1, -0.05) is 0 Å². The predicted octanol–water partition coefficient (Wildman–Crippen LogP) is -0.995. The van der Waals surface area contributed by atoms with Gasteiger partial charge in [0.05, 0.1) is 19.2 Å². The van der Waals surface area contributed by atoms with Crippen LogP contribution in [-0.4, -0.2) is 38.3 Å². The number of ether oxygens (including phenoxy) is 1. The van der Waals surface area contributed by atoms with E-state index in [2.05, 4.69) is 10.6 Å². The minimum Gasteiger partial charge on any atom is -0.380 e. The highest BCUT2D eigenvalue weighted by Crippen LogP contribution is 2.01. The molecule has 13 heavy (non-hydrogen) atoms. The number of carbonyl (C=O) groups is 1. The first kappa shape index (κ1) is 9.96. The van der Waals surface area contributed by atoms with Crippen molar-refractivity contribution in [1.29, 1.82) is 5.26 Å². The van der Waals surface area contributed by atoms with E-state index in [9.17, 15) is 4.79 Å². The van der Waals surface area contributed by atoms with Crippen molar-refractivity contribution in [3.8, 4) is 6.07 Å². The predicted molar refractivity (Wildman–Crippen MR) is 45.8 cm³/mol. The third-order valence-electron chi connectivity index (χ3n) is 1.85. The van der Waals surface area contributed by atoms with Crippen LogP contribution in [0.4, 0.5) is 0 Å². The van der Waals surface area contributed by atoms with E-state index in [-0.39, 0.29) is 25.0 Å². The van der Waals surface area contributed by atoms with Crippen LogP contribution in [0.1, 0.15) is 6.42 Å². The van der Waals surface area contributed by atoms with Gasteiger partial charge in [0.25, 0.3) is 0 Å². The second-order valence-electron chi connectivity index (χ2n) is 2.88. The molecular formula is C8H13N3O2. The van der Waals surface area contributed by atoms with Gasteiger partial charge in [0.2, 0.25) is 5.91 Å². The molecule has 5 heteroatoms. The fourth-order valence-corrected chi connectivity index (χ4v) is 1.13. The van der Waals surface area contributed by atoms with Gasteiger partial charge in [-0.05, 0) is 6.42 Å². The van der Waals surface area contributed by atoms with E-state index in [0.29, 0.717) is 6.61 Å². The van der Waals surface area contributed by atoms with Crippen molar-refractivity contribution in [1.82, 2.24) is 10.6 Å². The van der Waals surface area contributed by atoms with Crippen molar-refractivity contribution in [3.63, 3.8) is 0 Å². The minimum atomic E-state index is -0.145.